The van der Waals surface area contributed by atoms with Gasteiger partial charge in [-0.15, -0.1) is 0 Å². The average molecular weight is 204 g/mol. The van der Waals surface area contributed by atoms with Gasteiger partial charge >= 0.3 is 0 Å². The molecular formula is C13H20N2. The average Bonchev–Trinajstić information content (AvgIpc) is 2.15. The van der Waals surface area contributed by atoms with E-state index in [9.17, 15) is 0 Å². The van der Waals surface area contributed by atoms with Crippen LogP contribution in [0.5, 0.6) is 0 Å². The minimum atomic E-state index is 0.367. The molecule has 0 spiro atoms. The number of hydrogen-bond donors (Lipinski definition) is 2. The van der Waals surface area contributed by atoms with Crippen LogP contribution in [-0.2, 0) is 6.42 Å². The summed E-state index contributed by atoms with van der Waals surface area (Å²) < 4.78 is 0. The molecule has 0 radical (unpaired) electrons. The number of nitrogen functional groups attached to an aromatic ring is 1. The second kappa shape index (κ2) is 3.44. The SMILES string of the molecule is CC(C)(C)C1CNc2cc(N)ccc2C1. The first kappa shape index (κ1) is 10.3. The van der Waals surface area contributed by atoms with E-state index >= 15 is 0 Å². The number of rotatable bonds is 0. The fourth-order valence-electron chi connectivity index (χ4n) is 2.12. The van der Waals surface area contributed by atoms with Crippen molar-refractivity contribution in [3.05, 3.63) is 23.8 Å². The maximum absolute atomic E-state index is 5.76. The molecule has 1 heterocycles. The van der Waals surface area contributed by atoms with Crippen molar-refractivity contribution in [1.29, 1.82) is 0 Å². The first-order chi connectivity index (χ1) is 6.97. The van der Waals surface area contributed by atoms with E-state index < -0.39 is 0 Å². The van der Waals surface area contributed by atoms with Crippen LogP contribution < -0.4 is 11.1 Å². The van der Waals surface area contributed by atoms with Crippen molar-refractivity contribution in [2.24, 2.45) is 11.3 Å². The Balaban J connectivity index is 2.24. The normalized spacial score (nSPS) is 20.6. The molecule has 82 valence electrons. The highest BCUT2D eigenvalue weighted by atomic mass is 14.9. The Kier molecular flexibility index (Phi) is 2.37. The molecule has 0 aliphatic carbocycles. The van der Waals surface area contributed by atoms with Gasteiger partial charge in [0, 0.05) is 17.9 Å². The minimum absolute atomic E-state index is 0.367. The minimum Gasteiger partial charge on any atom is -0.399 e. The van der Waals surface area contributed by atoms with Gasteiger partial charge in [-0.1, -0.05) is 26.8 Å². The fraction of sp³-hybridized carbons (Fsp3) is 0.538. The summed E-state index contributed by atoms with van der Waals surface area (Å²) in [5.74, 6) is 0.702. The van der Waals surface area contributed by atoms with Crippen molar-refractivity contribution in [2.45, 2.75) is 27.2 Å². The molecule has 3 N–H and O–H groups in total. The Bertz CT molecular complexity index is 363. The highest BCUT2D eigenvalue weighted by Gasteiger charge is 2.28. The number of anilines is 2. The molecular weight excluding hydrogens is 184 g/mol. The third-order valence-electron chi connectivity index (χ3n) is 3.36. The van der Waals surface area contributed by atoms with Crippen LogP contribution in [0, 0.1) is 11.3 Å². The smallest absolute Gasteiger partial charge is 0.0393 e. The predicted octanol–water partition coefficient (Wildman–Crippen LogP) is 2.90. The van der Waals surface area contributed by atoms with Gasteiger partial charge in [-0.2, -0.15) is 0 Å². The van der Waals surface area contributed by atoms with Gasteiger partial charge in [-0.05, 0) is 35.4 Å². The van der Waals surface area contributed by atoms with Crippen molar-refractivity contribution in [3.63, 3.8) is 0 Å². The summed E-state index contributed by atoms with van der Waals surface area (Å²) in [5.41, 5.74) is 9.59. The molecule has 2 nitrogen and oxygen atoms in total. The molecule has 0 saturated carbocycles. The van der Waals surface area contributed by atoms with E-state index in [1.807, 2.05) is 12.1 Å². The zero-order valence-corrected chi connectivity index (χ0v) is 9.80. The summed E-state index contributed by atoms with van der Waals surface area (Å²) in [6.45, 7) is 7.98. The van der Waals surface area contributed by atoms with Crippen LogP contribution in [0.4, 0.5) is 11.4 Å². The summed E-state index contributed by atoms with van der Waals surface area (Å²) >= 11 is 0. The molecule has 1 aromatic carbocycles. The first-order valence-electron chi connectivity index (χ1n) is 5.59. The van der Waals surface area contributed by atoms with Crippen LogP contribution in [0.25, 0.3) is 0 Å². The molecule has 0 bridgehead atoms. The largest absolute Gasteiger partial charge is 0.399 e. The first-order valence-corrected chi connectivity index (χ1v) is 5.59. The summed E-state index contributed by atoms with van der Waals surface area (Å²) in [4.78, 5) is 0. The van der Waals surface area contributed by atoms with E-state index in [0.717, 1.165) is 18.7 Å². The second-order valence-electron chi connectivity index (χ2n) is 5.56. The number of nitrogens with one attached hydrogen (secondary N) is 1. The van der Waals surface area contributed by atoms with Gasteiger partial charge in [0.2, 0.25) is 0 Å². The molecule has 2 heteroatoms. The molecule has 15 heavy (non-hydrogen) atoms. The molecule has 1 aliphatic rings. The van der Waals surface area contributed by atoms with Crippen LogP contribution in [0.1, 0.15) is 26.3 Å². The zero-order valence-electron chi connectivity index (χ0n) is 9.80. The number of fused-ring (bicyclic) bond motifs is 1. The Labute approximate surface area is 91.9 Å². The van der Waals surface area contributed by atoms with Crippen LogP contribution in [0.3, 0.4) is 0 Å². The van der Waals surface area contributed by atoms with Gasteiger partial charge in [0.05, 0.1) is 0 Å². The van der Waals surface area contributed by atoms with Crippen LogP contribution in [-0.4, -0.2) is 6.54 Å². The topological polar surface area (TPSA) is 38.0 Å². The van der Waals surface area contributed by atoms with Crippen LogP contribution >= 0.6 is 0 Å². The van der Waals surface area contributed by atoms with E-state index in [1.165, 1.54) is 11.3 Å². The lowest BCUT2D eigenvalue weighted by atomic mass is 9.75. The van der Waals surface area contributed by atoms with Crippen LogP contribution in [0.15, 0.2) is 18.2 Å². The van der Waals surface area contributed by atoms with E-state index in [4.69, 9.17) is 5.73 Å². The van der Waals surface area contributed by atoms with E-state index in [-0.39, 0.29) is 0 Å². The van der Waals surface area contributed by atoms with Crippen LogP contribution in [0.2, 0.25) is 0 Å². The monoisotopic (exact) mass is 204 g/mol. The zero-order chi connectivity index (χ0) is 11.1. The summed E-state index contributed by atoms with van der Waals surface area (Å²) in [6, 6.07) is 6.18. The lowest BCUT2D eigenvalue weighted by molar-refractivity contribution is 0.247. The highest BCUT2D eigenvalue weighted by Crippen LogP contribution is 2.35. The van der Waals surface area contributed by atoms with E-state index in [2.05, 4.69) is 32.2 Å². The van der Waals surface area contributed by atoms with Crippen molar-refractivity contribution >= 4 is 11.4 Å². The van der Waals surface area contributed by atoms with Gasteiger partial charge in [0.15, 0.2) is 0 Å². The third-order valence-corrected chi connectivity index (χ3v) is 3.36. The summed E-state index contributed by atoms with van der Waals surface area (Å²) in [5, 5.41) is 3.48. The Morgan fingerprint density at radius 3 is 2.73 bits per heavy atom. The molecule has 0 aromatic heterocycles. The predicted molar refractivity (Wildman–Crippen MR) is 66.0 cm³/mol. The Morgan fingerprint density at radius 1 is 1.33 bits per heavy atom. The molecule has 1 aliphatic heterocycles. The maximum atomic E-state index is 5.76. The molecule has 0 fully saturated rings. The summed E-state index contributed by atoms with van der Waals surface area (Å²) in [7, 11) is 0. The lowest BCUT2D eigenvalue weighted by Crippen LogP contribution is -2.33. The van der Waals surface area contributed by atoms with Gasteiger partial charge in [-0.25, -0.2) is 0 Å². The Hall–Kier alpha value is -1.18. The molecule has 1 unspecified atom stereocenters. The molecule has 0 amide bonds. The van der Waals surface area contributed by atoms with E-state index in [0.29, 0.717) is 11.3 Å². The molecule has 0 saturated heterocycles. The van der Waals surface area contributed by atoms with Gasteiger partial charge < -0.3 is 11.1 Å². The van der Waals surface area contributed by atoms with E-state index in [1.54, 1.807) is 0 Å². The van der Waals surface area contributed by atoms with Gasteiger partial charge in [0.1, 0.15) is 0 Å². The second-order valence-corrected chi connectivity index (χ2v) is 5.56. The molecule has 1 atom stereocenters. The van der Waals surface area contributed by atoms with Gasteiger partial charge in [-0.3, -0.25) is 0 Å². The quantitative estimate of drug-likeness (QED) is 0.638. The fourth-order valence-corrected chi connectivity index (χ4v) is 2.12. The Morgan fingerprint density at radius 2 is 2.07 bits per heavy atom. The van der Waals surface area contributed by atoms with Crippen molar-refractivity contribution in [3.8, 4) is 0 Å². The molecule has 1 aromatic rings. The van der Waals surface area contributed by atoms with Crippen molar-refractivity contribution in [1.82, 2.24) is 0 Å². The van der Waals surface area contributed by atoms with Crippen molar-refractivity contribution < 1.29 is 0 Å². The number of benzene rings is 1. The standard InChI is InChI=1S/C13H20N2/c1-13(2,3)10-6-9-4-5-11(14)7-12(9)15-8-10/h4-5,7,10,15H,6,8,14H2,1-3H3. The summed E-state index contributed by atoms with van der Waals surface area (Å²) in [6.07, 6.45) is 1.16. The third kappa shape index (κ3) is 2.09. The number of hydrogen-bond acceptors (Lipinski definition) is 2. The van der Waals surface area contributed by atoms with Crippen molar-refractivity contribution in [2.75, 3.05) is 17.6 Å². The maximum Gasteiger partial charge on any atom is 0.0393 e. The van der Waals surface area contributed by atoms with Gasteiger partial charge in [0.25, 0.3) is 0 Å². The molecule has 2 rings (SSSR count). The number of nitrogens with two attached hydrogens (primary N) is 1. The highest BCUT2D eigenvalue weighted by molar-refractivity contribution is 5.61. The lowest BCUT2D eigenvalue weighted by Gasteiger charge is -2.35.